The summed E-state index contributed by atoms with van der Waals surface area (Å²) in [6.45, 7) is 0.880. The molecule has 0 spiro atoms. The highest BCUT2D eigenvalue weighted by molar-refractivity contribution is 7.89. The van der Waals surface area contributed by atoms with Crippen LogP contribution in [0.4, 0.5) is 8.78 Å². The van der Waals surface area contributed by atoms with Crippen molar-refractivity contribution < 1.29 is 17.2 Å². The zero-order chi connectivity index (χ0) is 17.3. The molecule has 1 aliphatic heterocycles. The molecule has 0 aromatic heterocycles. The van der Waals surface area contributed by atoms with Crippen molar-refractivity contribution in [3.63, 3.8) is 0 Å². The summed E-state index contributed by atoms with van der Waals surface area (Å²) < 4.78 is 54.4. The minimum atomic E-state index is -4.21. The average Bonchev–Trinajstić information content (AvgIpc) is 2.57. The third-order valence-electron chi connectivity index (χ3n) is 3.94. The highest BCUT2D eigenvalue weighted by Crippen LogP contribution is 2.33. The fourth-order valence-corrected chi connectivity index (χ4v) is 4.73. The predicted molar refractivity (Wildman–Crippen MR) is 94.6 cm³/mol. The zero-order valence-corrected chi connectivity index (χ0v) is 15.3. The molecule has 3 rings (SSSR count). The molecule has 4 nitrogen and oxygen atoms in total. The van der Waals surface area contributed by atoms with E-state index in [0.29, 0.717) is 29.7 Å². The van der Waals surface area contributed by atoms with Gasteiger partial charge in [-0.05, 0) is 29.8 Å². The second-order valence-electron chi connectivity index (χ2n) is 5.43. The maximum Gasteiger partial charge on any atom is 0.246 e. The first kappa shape index (κ1) is 20.1. The van der Waals surface area contributed by atoms with Crippen molar-refractivity contribution >= 4 is 34.0 Å². The van der Waals surface area contributed by atoms with E-state index in [1.165, 1.54) is 4.31 Å². The Morgan fingerprint density at radius 1 is 1.16 bits per heavy atom. The monoisotopic (exact) mass is 408 g/mol. The smallest absolute Gasteiger partial charge is 0.246 e. The molecule has 2 aromatic carbocycles. The third-order valence-corrected chi connectivity index (χ3v) is 6.21. The maximum absolute atomic E-state index is 14.0. The number of benzene rings is 2. The molecule has 1 heterocycles. The molecular formula is C16H16Cl2F2N2O2S. The van der Waals surface area contributed by atoms with Gasteiger partial charge in [-0.25, -0.2) is 17.2 Å². The van der Waals surface area contributed by atoms with Gasteiger partial charge in [0.05, 0.1) is 6.04 Å². The van der Waals surface area contributed by atoms with Crippen molar-refractivity contribution in [2.45, 2.75) is 10.9 Å². The molecular weight excluding hydrogens is 393 g/mol. The molecule has 1 fully saturated rings. The van der Waals surface area contributed by atoms with Crippen molar-refractivity contribution in [3.05, 3.63) is 64.7 Å². The Labute approximate surface area is 156 Å². The van der Waals surface area contributed by atoms with Gasteiger partial charge >= 0.3 is 0 Å². The van der Waals surface area contributed by atoms with E-state index in [1.807, 2.05) is 0 Å². The van der Waals surface area contributed by atoms with Crippen molar-refractivity contribution in [1.82, 2.24) is 9.62 Å². The van der Waals surface area contributed by atoms with Gasteiger partial charge in [0.2, 0.25) is 10.0 Å². The highest BCUT2D eigenvalue weighted by Gasteiger charge is 2.36. The van der Waals surface area contributed by atoms with E-state index in [9.17, 15) is 17.2 Å². The van der Waals surface area contributed by atoms with Crippen LogP contribution in [0.25, 0.3) is 0 Å². The SMILES string of the molecule is Cl.O=S(=O)(c1cc(F)ccc1F)N1CCNCC1c1ccccc1Cl. The molecule has 0 radical (unpaired) electrons. The largest absolute Gasteiger partial charge is 0.313 e. The third kappa shape index (κ3) is 3.96. The standard InChI is InChI=1S/C16H15ClF2N2O2S.ClH/c17-13-4-2-1-3-12(13)15-10-20-7-8-21(15)24(22,23)16-9-11(18)5-6-14(16)19;/h1-6,9,15,20H,7-8,10H2;1H. The van der Waals surface area contributed by atoms with Crippen LogP contribution in [-0.4, -0.2) is 32.4 Å². The molecule has 1 unspecified atom stereocenters. The first-order valence-corrected chi connectivity index (χ1v) is 9.15. The first-order chi connectivity index (χ1) is 11.4. The summed E-state index contributed by atoms with van der Waals surface area (Å²) in [5.74, 6) is -1.78. The summed E-state index contributed by atoms with van der Waals surface area (Å²) in [4.78, 5) is -0.665. The molecule has 2 aromatic rings. The number of piperazine rings is 1. The highest BCUT2D eigenvalue weighted by atomic mass is 35.5. The lowest BCUT2D eigenvalue weighted by Crippen LogP contribution is -2.48. The minimum absolute atomic E-state index is 0. The number of rotatable bonds is 3. The second-order valence-corrected chi connectivity index (χ2v) is 7.70. The van der Waals surface area contributed by atoms with Gasteiger partial charge in [0.1, 0.15) is 16.5 Å². The van der Waals surface area contributed by atoms with E-state index in [4.69, 9.17) is 11.6 Å². The van der Waals surface area contributed by atoms with Gasteiger partial charge in [-0.3, -0.25) is 0 Å². The van der Waals surface area contributed by atoms with Gasteiger partial charge in [0.15, 0.2) is 0 Å². The Hall–Kier alpha value is -1.25. The second kappa shape index (κ2) is 7.97. The van der Waals surface area contributed by atoms with E-state index >= 15 is 0 Å². The molecule has 1 aliphatic rings. The summed E-state index contributed by atoms with van der Waals surface area (Å²) in [6.07, 6.45) is 0. The summed E-state index contributed by atoms with van der Waals surface area (Å²) in [6, 6.07) is 8.70. The van der Waals surface area contributed by atoms with E-state index in [2.05, 4.69) is 5.32 Å². The molecule has 0 bridgehead atoms. The molecule has 136 valence electrons. The fourth-order valence-electron chi connectivity index (χ4n) is 2.79. The van der Waals surface area contributed by atoms with Crippen LogP contribution >= 0.6 is 24.0 Å². The number of sulfonamides is 1. The van der Waals surface area contributed by atoms with Crippen LogP contribution in [0.2, 0.25) is 5.02 Å². The van der Waals surface area contributed by atoms with Crippen LogP contribution in [-0.2, 0) is 10.0 Å². The minimum Gasteiger partial charge on any atom is -0.313 e. The zero-order valence-electron chi connectivity index (χ0n) is 13.0. The molecule has 9 heteroatoms. The van der Waals surface area contributed by atoms with Crippen molar-refractivity contribution in [2.24, 2.45) is 0 Å². The van der Waals surface area contributed by atoms with Crippen LogP contribution in [0.3, 0.4) is 0 Å². The van der Waals surface area contributed by atoms with E-state index in [1.54, 1.807) is 24.3 Å². The van der Waals surface area contributed by atoms with Crippen molar-refractivity contribution in [1.29, 1.82) is 0 Å². The van der Waals surface area contributed by atoms with E-state index < -0.39 is 32.6 Å². The number of hydrogen-bond donors (Lipinski definition) is 1. The number of nitrogens with one attached hydrogen (secondary N) is 1. The number of nitrogens with zero attached hydrogens (tertiary/aromatic N) is 1. The molecule has 1 saturated heterocycles. The van der Waals surface area contributed by atoms with Gasteiger partial charge in [0, 0.05) is 24.7 Å². The summed E-state index contributed by atoms with van der Waals surface area (Å²) in [7, 11) is -4.21. The molecule has 1 atom stereocenters. The maximum atomic E-state index is 14.0. The lowest BCUT2D eigenvalue weighted by molar-refractivity contribution is 0.270. The quantitative estimate of drug-likeness (QED) is 0.846. The number of halogens is 4. The van der Waals surface area contributed by atoms with Crippen molar-refractivity contribution in [2.75, 3.05) is 19.6 Å². The lowest BCUT2D eigenvalue weighted by atomic mass is 10.1. The Kier molecular flexibility index (Phi) is 6.40. The van der Waals surface area contributed by atoms with Gasteiger partial charge < -0.3 is 5.32 Å². The molecule has 0 saturated carbocycles. The molecule has 25 heavy (non-hydrogen) atoms. The average molecular weight is 409 g/mol. The molecule has 1 N–H and O–H groups in total. The van der Waals surface area contributed by atoms with Gasteiger partial charge in [-0.15, -0.1) is 12.4 Å². The Morgan fingerprint density at radius 2 is 1.88 bits per heavy atom. The van der Waals surface area contributed by atoms with Crippen LogP contribution in [0.15, 0.2) is 47.4 Å². The summed E-state index contributed by atoms with van der Waals surface area (Å²) >= 11 is 6.19. The van der Waals surface area contributed by atoms with Gasteiger partial charge in [0.25, 0.3) is 0 Å². The van der Waals surface area contributed by atoms with Crippen LogP contribution in [0.5, 0.6) is 0 Å². The van der Waals surface area contributed by atoms with Gasteiger partial charge in [-0.1, -0.05) is 29.8 Å². The van der Waals surface area contributed by atoms with Crippen LogP contribution < -0.4 is 5.32 Å². The normalized spacial score (nSPS) is 18.6. The summed E-state index contributed by atoms with van der Waals surface area (Å²) in [5, 5.41) is 3.53. The Balaban J connectivity index is 0.00000225. The summed E-state index contributed by atoms with van der Waals surface area (Å²) in [5.41, 5.74) is 0.617. The Bertz CT molecular complexity index is 865. The molecule has 0 aliphatic carbocycles. The van der Waals surface area contributed by atoms with Crippen molar-refractivity contribution in [3.8, 4) is 0 Å². The lowest BCUT2D eigenvalue weighted by Gasteiger charge is -2.35. The Morgan fingerprint density at radius 3 is 2.60 bits per heavy atom. The van der Waals surface area contributed by atoms with E-state index in [-0.39, 0.29) is 19.0 Å². The number of hydrogen-bond acceptors (Lipinski definition) is 3. The topological polar surface area (TPSA) is 49.4 Å². The van der Waals surface area contributed by atoms with Crippen LogP contribution in [0.1, 0.15) is 11.6 Å². The first-order valence-electron chi connectivity index (χ1n) is 7.33. The van der Waals surface area contributed by atoms with E-state index in [0.717, 1.165) is 12.1 Å². The fraction of sp³-hybridized carbons (Fsp3) is 0.250. The predicted octanol–water partition coefficient (Wildman–Crippen LogP) is 3.38. The molecule has 0 amide bonds. The van der Waals surface area contributed by atoms with Crippen LogP contribution in [0, 0.1) is 11.6 Å². The van der Waals surface area contributed by atoms with Gasteiger partial charge in [-0.2, -0.15) is 4.31 Å².